The van der Waals surface area contributed by atoms with E-state index in [1.54, 1.807) is 30.3 Å². The van der Waals surface area contributed by atoms with Gasteiger partial charge < -0.3 is 10.4 Å². The molecular formula is C27H16F7N5O2. The Kier molecular flexibility index (Phi) is 6.95. The second kappa shape index (κ2) is 10.3. The summed E-state index contributed by atoms with van der Waals surface area (Å²) in [5.41, 5.74) is -3.04. The lowest BCUT2D eigenvalue weighted by molar-refractivity contribution is -0.206. The number of alkyl halides is 6. The number of nitrogens with zero attached hydrogens (tertiary/aromatic N) is 4. The van der Waals surface area contributed by atoms with E-state index < -0.39 is 58.3 Å². The van der Waals surface area contributed by atoms with E-state index in [1.807, 2.05) is 0 Å². The average Bonchev–Trinajstić information content (AvgIpc) is 3.29. The van der Waals surface area contributed by atoms with Gasteiger partial charge in [0.1, 0.15) is 11.6 Å². The standard InChI is InChI=1S/C27H16F7N5O2/c28-20-13-19(26(29,30)31)17(23-35-9-4-10-36-23)12-18(20)25(41)37-24-16-8-7-14(22(40)27(32,33)34)11-21(16)38-39(24)15-5-2-1-3-6-15/h1-13,22,40H,(H,37,41)/t22-/m0/s1. The van der Waals surface area contributed by atoms with Crippen molar-refractivity contribution in [3.05, 3.63) is 102 Å². The van der Waals surface area contributed by atoms with E-state index in [2.05, 4.69) is 20.4 Å². The minimum Gasteiger partial charge on any atom is -0.379 e. The maximum absolute atomic E-state index is 15.0. The third-order valence-electron chi connectivity index (χ3n) is 6.02. The molecule has 0 fully saturated rings. The van der Waals surface area contributed by atoms with E-state index >= 15 is 0 Å². The molecular weight excluding hydrogens is 559 g/mol. The fourth-order valence-electron chi connectivity index (χ4n) is 4.12. The Bertz CT molecular complexity index is 1740. The molecule has 0 saturated heterocycles. The van der Waals surface area contributed by atoms with Gasteiger partial charge in [0.2, 0.25) is 0 Å². The molecule has 3 aromatic carbocycles. The Morgan fingerprint density at radius 3 is 2.22 bits per heavy atom. The number of rotatable bonds is 5. The van der Waals surface area contributed by atoms with Crippen molar-refractivity contribution in [1.29, 1.82) is 0 Å². The van der Waals surface area contributed by atoms with Gasteiger partial charge >= 0.3 is 12.4 Å². The van der Waals surface area contributed by atoms with Gasteiger partial charge in [0.05, 0.1) is 22.3 Å². The van der Waals surface area contributed by atoms with E-state index in [9.17, 15) is 40.6 Å². The Hall–Kier alpha value is -4.85. The molecule has 5 rings (SSSR count). The Morgan fingerprint density at radius 1 is 0.902 bits per heavy atom. The van der Waals surface area contributed by atoms with Crippen LogP contribution in [0.2, 0.25) is 0 Å². The van der Waals surface area contributed by atoms with Crippen LogP contribution in [-0.4, -0.2) is 36.9 Å². The molecule has 0 saturated carbocycles. The SMILES string of the molecule is O=C(Nc1c2ccc([C@H](O)C(F)(F)F)cc2nn1-c1ccccc1)c1cc(-c2ncccn2)c(C(F)(F)F)cc1F. The van der Waals surface area contributed by atoms with E-state index in [4.69, 9.17) is 0 Å². The molecule has 5 aromatic rings. The van der Waals surface area contributed by atoms with Crippen LogP contribution in [0.4, 0.5) is 36.6 Å². The van der Waals surface area contributed by atoms with Crippen LogP contribution in [0, 0.1) is 5.82 Å². The second-order valence-electron chi connectivity index (χ2n) is 8.72. The molecule has 14 heteroatoms. The lowest BCUT2D eigenvalue weighted by Crippen LogP contribution is -2.20. The van der Waals surface area contributed by atoms with E-state index in [-0.39, 0.29) is 22.8 Å². The predicted molar refractivity (Wildman–Crippen MR) is 132 cm³/mol. The van der Waals surface area contributed by atoms with Crippen molar-refractivity contribution in [2.45, 2.75) is 18.5 Å². The fourth-order valence-corrected chi connectivity index (χ4v) is 4.12. The first-order chi connectivity index (χ1) is 19.3. The first-order valence-corrected chi connectivity index (χ1v) is 11.7. The third kappa shape index (κ3) is 5.45. The number of halogens is 7. The summed E-state index contributed by atoms with van der Waals surface area (Å²) in [4.78, 5) is 20.9. The molecule has 1 atom stereocenters. The van der Waals surface area contributed by atoms with Gasteiger partial charge in [-0.15, -0.1) is 0 Å². The van der Waals surface area contributed by atoms with Gasteiger partial charge in [0, 0.05) is 23.3 Å². The van der Waals surface area contributed by atoms with E-state index in [0.29, 0.717) is 11.8 Å². The number of para-hydroxylation sites is 1. The number of anilines is 1. The summed E-state index contributed by atoms with van der Waals surface area (Å²) in [5, 5.41) is 16.5. The van der Waals surface area contributed by atoms with Crippen LogP contribution in [0.3, 0.4) is 0 Å². The first-order valence-electron chi connectivity index (χ1n) is 11.7. The number of carbonyl (C=O) groups is 1. The average molecular weight is 575 g/mol. The highest BCUT2D eigenvalue weighted by Crippen LogP contribution is 2.38. The highest BCUT2D eigenvalue weighted by atomic mass is 19.4. The lowest BCUT2D eigenvalue weighted by atomic mass is 10.0. The molecule has 0 aliphatic heterocycles. The summed E-state index contributed by atoms with van der Waals surface area (Å²) in [6.45, 7) is 0. The van der Waals surface area contributed by atoms with Crippen LogP contribution in [0.25, 0.3) is 28.0 Å². The maximum Gasteiger partial charge on any atom is 0.418 e. The molecule has 2 N–H and O–H groups in total. The Morgan fingerprint density at radius 2 is 1.59 bits per heavy atom. The van der Waals surface area contributed by atoms with Gasteiger partial charge in [-0.05, 0) is 48.0 Å². The van der Waals surface area contributed by atoms with Gasteiger partial charge in [0.15, 0.2) is 11.9 Å². The van der Waals surface area contributed by atoms with Crippen LogP contribution in [0.5, 0.6) is 0 Å². The smallest absolute Gasteiger partial charge is 0.379 e. The summed E-state index contributed by atoms with van der Waals surface area (Å²) >= 11 is 0. The number of aliphatic hydroxyl groups excluding tert-OH is 1. The van der Waals surface area contributed by atoms with Crippen LogP contribution < -0.4 is 5.32 Å². The van der Waals surface area contributed by atoms with Crippen LogP contribution >= 0.6 is 0 Å². The largest absolute Gasteiger partial charge is 0.418 e. The van der Waals surface area contributed by atoms with Gasteiger partial charge in [-0.2, -0.15) is 31.4 Å². The number of aromatic nitrogens is 4. The zero-order valence-electron chi connectivity index (χ0n) is 20.4. The van der Waals surface area contributed by atoms with Crippen LogP contribution in [-0.2, 0) is 6.18 Å². The van der Waals surface area contributed by atoms with Crippen molar-refractivity contribution in [3.63, 3.8) is 0 Å². The number of amides is 1. The molecule has 41 heavy (non-hydrogen) atoms. The number of hydrogen-bond acceptors (Lipinski definition) is 5. The Labute approximate surface area is 225 Å². The number of benzene rings is 3. The second-order valence-corrected chi connectivity index (χ2v) is 8.72. The third-order valence-corrected chi connectivity index (χ3v) is 6.02. The van der Waals surface area contributed by atoms with Crippen molar-refractivity contribution in [3.8, 4) is 17.1 Å². The number of hydrogen-bond donors (Lipinski definition) is 2. The van der Waals surface area contributed by atoms with Crippen molar-refractivity contribution in [1.82, 2.24) is 19.7 Å². The quantitative estimate of drug-likeness (QED) is 0.234. The molecule has 0 aliphatic carbocycles. The highest BCUT2D eigenvalue weighted by Gasteiger charge is 2.40. The van der Waals surface area contributed by atoms with Crippen molar-refractivity contribution < 1.29 is 40.6 Å². The number of aliphatic hydroxyl groups is 1. The normalized spacial score (nSPS) is 12.9. The predicted octanol–water partition coefficient (Wildman–Crippen LogP) is 6.49. The van der Waals surface area contributed by atoms with Crippen LogP contribution in [0.15, 0.2) is 79.1 Å². The molecule has 7 nitrogen and oxygen atoms in total. The van der Waals surface area contributed by atoms with Crippen molar-refractivity contribution >= 4 is 22.6 Å². The summed E-state index contributed by atoms with van der Waals surface area (Å²) in [6.07, 6.45) is -10.4. The first kappa shape index (κ1) is 27.7. The van der Waals surface area contributed by atoms with E-state index in [1.165, 1.54) is 24.5 Å². The molecule has 2 heterocycles. The monoisotopic (exact) mass is 575 g/mol. The molecule has 0 unspecified atom stereocenters. The topological polar surface area (TPSA) is 92.9 Å². The van der Waals surface area contributed by atoms with Gasteiger partial charge in [-0.3, -0.25) is 4.79 Å². The van der Waals surface area contributed by atoms with Gasteiger partial charge in [0.25, 0.3) is 5.91 Å². The lowest BCUT2D eigenvalue weighted by Gasteiger charge is -2.15. The molecule has 0 spiro atoms. The van der Waals surface area contributed by atoms with Crippen molar-refractivity contribution in [2.75, 3.05) is 5.32 Å². The van der Waals surface area contributed by atoms with Gasteiger partial charge in [-0.1, -0.05) is 24.3 Å². The molecule has 0 aliphatic rings. The summed E-state index contributed by atoms with van der Waals surface area (Å²) < 4.78 is 96.5. The maximum atomic E-state index is 15.0. The van der Waals surface area contributed by atoms with E-state index in [0.717, 1.165) is 16.8 Å². The summed E-state index contributed by atoms with van der Waals surface area (Å²) in [6, 6.07) is 13.4. The molecule has 1 amide bonds. The zero-order chi connectivity index (χ0) is 29.5. The summed E-state index contributed by atoms with van der Waals surface area (Å²) in [7, 11) is 0. The zero-order valence-corrected chi connectivity index (χ0v) is 20.4. The number of carbonyl (C=O) groups excluding carboxylic acids is 1. The molecule has 0 radical (unpaired) electrons. The Balaban J connectivity index is 1.63. The minimum absolute atomic E-state index is 0.0591. The van der Waals surface area contributed by atoms with Crippen molar-refractivity contribution in [2.24, 2.45) is 0 Å². The molecule has 0 bridgehead atoms. The number of fused-ring (bicyclic) bond motifs is 1. The van der Waals surface area contributed by atoms with Crippen LogP contribution in [0.1, 0.15) is 27.6 Å². The highest BCUT2D eigenvalue weighted by molar-refractivity contribution is 6.09. The summed E-state index contributed by atoms with van der Waals surface area (Å²) in [5.74, 6) is -3.17. The minimum atomic E-state index is -4.99. The molecule has 2 aromatic heterocycles. The number of nitrogens with one attached hydrogen (secondary N) is 1. The molecule has 210 valence electrons. The fraction of sp³-hybridized carbons (Fsp3) is 0.111. The van der Waals surface area contributed by atoms with Gasteiger partial charge in [-0.25, -0.2) is 19.0 Å².